The Bertz CT molecular complexity index is 1160. The quantitative estimate of drug-likeness (QED) is 0.375. The predicted octanol–water partition coefficient (Wildman–Crippen LogP) is 6.77. The standard InChI is InChI=1S/C32H37F2N3O/c33-28-10-8-25(9-11-28)21-26-16-19-36(20-17-26)23-27-7-4-18-37(31(27)22-24-5-2-1-3-6-24)32(38)35-30-14-12-29(34)13-15-30/h1-3,5-6,8-15,26-27,31H,4,7,16-23H2,(H,35,38)/t27-,31-/m1/s1. The van der Waals surface area contributed by atoms with Crippen molar-refractivity contribution in [1.29, 1.82) is 0 Å². The summed E-state index contributed by atoms with van der Waals surface area (Å²) in [6, 6.07) is 23.3. The molecule has 0 radical (unpaired) electrons. The monoisotopic (exact) mass is 517 g/mol. The Labute approximate surface area is 224 Å². The van der Waals surface area contributed by atoms with Crippen LogP contribution in [-0.4, -0.2) is 48.1 Å². The normalized spacial score (nSPS) is 20.8. The molecule has 6 heteroatoms. The number of nitrogens with zero attached hydrogens (tertiary/aromatic N) is 2. The van der Waals surface area contributed by atoms with Crippen LogP contribution in [0.4, 0.5) is 19.3 Å². The number of rotatable bonds is 7. The molecule has 0 unspecified atom stereocenters. The van der Waals surface area contributed by atoms with Gasteiger partial charge in [-0.25, -0.2) is 13.6 Å². The molecule has 0 aliphatic carbocycles. The third kappa shape index (κ3) is 6.98. The zero-order valence-corrected chi connectivity index (χ0v) is 21.9. The first-order chi connectivity index (χ1) is 18.5. The summed E-state index contributed by atoms with van der Waals surface area (Å²) in [5, 5.41) is 2.99. The number of carbonyl (C=O) groups excluding carboxylic acids is 1. The van der Waals surface area contributed by atoms with Crippen LogP contribution in [0.1, 0.15) is 36.8 Å². The number of piperidine rings is 2. The van der Waals surface area contributed by atoms with Crippen molar-refractivity contribution in [3.63, 3.8) is 0 Å². The number of nitrogens with one attached hydrogen (secondary N) is 1. The lowest BCUT2D eigenvalue weighted by Gasteiger charge is -2.44. The fourth-order valence-electron chi connectivity index (χ4n) is 6.12. The second-order valence-electron chi connectivity index (χ2n) is 10.9. The highest BCUT2D eigenvalue weighted by Gasteiger charge is 2.36. The molecule has 0 aromatic heterocycles. The van der Waals surface area contributed by atoms with Crippen molar-refractivity contribution < 1.29 is 13.6 Å². The van der Waals surface area contributed by atoms with Crippen LogP contribution in [0.15, 0.2) is 78.9 Å². The van der Waals surface area contributed by atoms with E-state index in [4.69, 9.17) is 0 Å². The van der Waals surface area contributed by atoms with Gasteiger partial charge in [0.25, 0.3) is 0 Å². The molecule has 0 bridgehead atoms. The number of hydrogen-bond acceptors (Lipinski definition) is 2. The van der Waals surface area contributed by atoms with E-state index in [9.17, 15) is 13.6 Å². The molecule has 2 heterocycles. The Hall–Kier alpha value is -3.25. The van der Waals surface area contributed by atoms with E-state index in [1.54, 1.807) is 24.3 Å². The maximum atomic E-state index is 13.4. The van der Waals surface area contributed by atoms with E-state index in [-0.39, 0.29) is 23.7 Å². The summed E-state index contributed by atoms with van der Waals surface area (Å²) in [5.74, 6) is 0.517. The molecule has 2 fully saturated rings. The Morgan fingerprint density at radius 1 is 0.763 bits per heavy atom. The number of anilines is 1. The van der Waals surface area contributed by atoms with Crippen LogP contribution in [-0.2, 0) is 12.8 Å². The third-order valence-corrected chi connectivity index (χ3v) is 8.20. The van der Waals surface area contributed by atoms with Crippen molar-refractivity contribution in [2.24, 2.45) is 11.8 Å². The highest BCUT2D eigenvalue weighted by Crippen LogP contribution is 2.30. The molecule has 0 spiro atoms. The van der Waals surface area contributed by atoms with Crippen molar-refractivity contribution >= 4 is 11.7 Å². The van der Waals surface area contributed by atoms with Crippen molar-refractivity contribution in [2.75, 3.05) is 31.5 Å². The lowest BCUT2D eigenvalue weighted by Crippen LogP contribution is -2.54. The molecule has 2 amide bonds. The molecule has 4 nitrogen and oxygen atoms in total. The van der Waals surface area contributed by atoms with E-state index in [0.717, 1.165) is 64.7 Å². The van der Waals surface area contributed by atoms with Crippen molar-refractivity contribution in [3.8, 4) is 0 Å². The van der Waals surface area contributed by atoms with Gasteiger partial charge in [-0.05, 0) is 111 Å². The van der Waals surface area contributed by atoms with Crippen molar-refractivity contribution in [3.05, 3.63) is 102 Å². The average Bonchev–Trinajstić information content (AvgIpc) is 2.94. The van der Waals surface area contributed by atoms with E-state index >= 15 is 0 Å². The summed E-state index contributed by atoms with van der Waals surface area (Å²) in [6.45, 7) is 3.83. The second-order valence-corrected chi connectivity index (χ2v) is 10.9. The van der Waals surface area contributed by atoms with Gasteiger partial charge in [0.2, 0.25) is 0 Å². The zero-order chi connectivity index (χ0) is 26.3. The fourth-order valence-corrected chi connectivity index (χ4v) is 6.12. The zero-order valence-electron chi connectivity index (χ0n) is 21.9. The van der Waals surface area contributed by atoms with Crippen LogP contribution in [0.2, 0.25) is 0 Å². The predicted molar refractivity (Wildman–Crippen MR) is 148 cm³/mol. The van der Waals surface area contributed by atoms with Gasteiger partial charge in [0.1, 0.15) is 11.6 Å². The lowest BCUT2D eigenvalue weighted by atomic mass is 9.83. The molecule has 200 valence electrons. The Morgan fingerprint density at radius 2 is 1.39 bits per heavy atom. The molecule has 2 atom stereocenters. The number of urea groups is 1. The van der Waals surface area contributed by atoms with Crippen LogP contribution >= 0.6 is 0 Å². The molecular formula is C32H37F2N3O. The smallest absolute Gasteiger partial charge is 0.321 e. The first-order valence-corrected chi connectivity index (χ1v) is 13.9. The minimum atomic E-state index is -0.315. The molecule has 2 aliphatic rings. The van der Waals surface area contributed by atoms with Gasteiger partial charge in [0, 0.05) is 24.8 Å². The molecule has 5 rings (SSSR count). The van der Waals surface area contributed by atoms with Crippen LogP contribution < -0.4 is 5.32 Å². The van der Waals surface area contributed by atoms with Crippen LogP contribution in [0, 0.1) is 23.5 Å². The molecule has 1 N–H and O–H groups in total. The first kappa shape index (κ1) is 26.4. The van der Waals surface area contributed by atoms with E-state index in [1.165, 1.54) is 23.3 Å². The summed E-state index contributed by atoms with van der Waals surface area (Å²) in [5.41, 5.74) is 3.06. The van der Waals surface area contributed by atoms with E-state index in [1.807, 2.05) is 23.1 Å². The molecule has 3 aromatic rings. The van der Waals surface area contributed by atoms with Crippen LogP contribution in [0.25, 0.3) is 0 Å². The van der Waals surface area contributed by atoms with E-state index in [2.05, 4.69) is 34.5 Å². The van der Waals surface area contributed by atoms with Crippen LogP contribution in [0.3, 0.4) is 0 Å². The minimum absolute atomic E-state index is 0.100. The largest absolute Gasteiger partial charge is 0.322 e. The maximum absolute atomic E-state index is 13.4. The van der Waals surface area contributed by atoms with Crippen LogP contribution in [0.5, 0.6) is 0 Å². The van der Waals surface area contributed by atoms with E-state index < -0.39 is 0 Å². The summed E-state index contributed by atoms with van der Waals surface area (Å²) in [7, 11) is 0. The minimum Gasteiger partial charge on any atom is -0.321 e. The Morgan fingerprint density at radius 3 is 2.08 bits per heavy atom. The summed E-state index contributed by atoms with van der Waals surface area (Å²) >= 11 is 0. The topological polar surface area (TPSA) is 35.6 Å². The highest BCUT2D eigenvalue weighted by molar-refractivity contribution is 5.89. The number of benzene rings is 3. The number of likely N-dealkylation sites (tertiary alicyclic amines) is 2. The second kappa shape index (κ2) is 12.5. The molecule has 0 saturated carbocycles. The molecule has 3 aromatic carbocycles. The van der Waals surface area contributed by atoms with Gasteiger partial charge >= 0.3 is 6.03 Å². The van der Waals surface area contributed by atoms with Gasteiger partial charge in [0.15, 0.2) is 0 Å². The average molecular weight is 518 g/mol. The van der Waals surface area contributed by atoms with Gasteiger partial charge in [-0.3, -0.25) is 0 Å². The molecule has 2 saturated heterocycles. The van der Waals surface area contributed by atoms with Gasteiger partial charge in [-0.15, -0.1) is 0 Å². The number of hydrogen-bond donors (Lipinski definition) is 1. The van der Waals surface area contributed by atoms with Gasteiger partial charge in [0.05, 0.1) is 0 Å². The SMILES string of the molecule is O=C(Nc1ccc(F)cc1)N1CCC[C@H](CN2CCC(Cc3ccc(F)cc3)CC2)[C@H]1Cc1ccccc1. The summed E-state index contributed by atoms with van der Waals surface area (Å²) < 4.78 is 26.6. The van der Waals surface area contributed by atoms with Gasteiger partial charge < -0.3 is 15.1 Å². The first-order valence-electron chi connectivity index (χ1n) is 13.9. The van der Waals surface area contributed by atoms with Crippen molar-refractivity contribution in [2.45, 2.75) is 44.6 Å². The molecular weight excluding hydrogens is 480 g/mol. The summed E-state index contributed by atoms with van der Waals surface area (Å²) in [6.07, 6.45) is 6.19. The van der Waals surface area contributed by atoms with Crippen molar-refractivity contribution in [1.82, 2.24) is 9.80 Å². The number of halogens is 2. The molecule has 2 aliphatic heterocycles. The number of carbonyl (C=O) groups is 1. The maximum Gasteiger partial charge on any atom is 0.322 e. The lowest BCUT2D eigenvalue weighted by molar-refractivity contribution is 0.0791. The Kier molecular flexibility index (Phi) is 8.69. The molecule has 38 heavy (non-hydrogen) atoms. The van der Waals surface area contributed by atoms with E-state index in [0.29, 0.717) is 17.5 Å². The Balaban J connectivity index is 1.23. The fraction of sp³-hybridized carbons (Fsp3) is 0.406. The van der Waals surface area contributed by atoms with Gasteiger partial charge in [-0.2, -0.15) is 0 Å². The highest BCUT2D eigenvalue weighted by atomic mass is 19.1. The summed E-state index contributed by atoms with van der Waals surface area (Å²) in [4.78, 5) is 18.0. The third-order valence-electron chi connectivity index (χ3n) is 8.20. The van der Waals surface area contributed by atoms with Gasteiger partial charge in [-0.1, -0.05) is 42.5 Å². The number of amides is 2.